The van der Waals surface area contributed by atoms with Crippen molar-refractivity contribution in [2.75, 3.05) is 13.1 Å². The highest BCUT2D eigenvalue weighted by Gasteiger charge is 2.23. The summed E-state index contributed by atoms with van der Waals surface area (Å²) >= 11 is 0. The lowest BCUT2D eigenvalue weighted by atomic mass is 10.1. The van der Waals surface area contributed by atoms with Crippen molar-refractivity contribution in [3.8, 4) is 0 Å². The van der Waals surface area contributed by atoms with Crippen LogP contribution in [0, 0.1) is 0 Å². The number of carbonyl (C=O) groups is 3. The Morgan fingerprint density at radius 3 is 1.41 bits per heavy atom. The molecule has 2 unspecified atom stereocenters. The van der Waals surface area contributed by atoms with Crippen molar-refractivity contribution in [3.63, 3.8) is 0 Å². The Morgan fingerprint density at radius 2 is 1.14 bits per heavy atom. The number of nitrogens with two attached hydrogens (primary N) is 2. The van der Waals surface area contributed by atoms with E-state index < -0.39 is 30.1 Å². The van der Waals surface area contributed by atoms with Crippen LogP contribution in [0.15, 0.2) is 0 Å². The SMILES string of the molecule is NCCCCC(NC(=O)NC(CCCCN)C(=O)O)C(=O)O. The number of nitrogens with one attached hydrogen (secondary N) is 2. The van der Waals surface area contributed by atoms with E-state index >= 15 is 0 Å². The van der Waals surface area contributed by atoms with Crippen molar-refractivity contribution in [2.24, 2.45) is 11.5 Å². The van der Waals surface area contributed by atoms with Gasteiger partial charge in [0.15, 0.2) is 0 Å². The molecule has 0 bridgehead atoms. The van der Waals surface area contributed by atoms with Crippen LogP contribution in [0.4, 0.5) is 4.79 Å². The van der Waals surface area contributed by atoms with Crippen molar-refractivity contribution in [1.82, 2.24) is 10.6 Å². The zero-order valence-electron chi connectivity index (χ0n) is 12.6. The summed E-state index contributed by atoms with van der Waals surface area (Å²) in [4.78, 5) is 33.9. The summed E-state index contributed by atoms with van der Waals surface area (Å²) in [5.74, 6) is -2.33. The van der Waals surface area contributed by atoms with E-state index in [1.807, 2.05) is 0 Å². The van der Waals surface area contributed by atoms with E-state index in [1.165, 1.54) is 0 Å². The Bertz CT molecular complexity index is 332. The predicted octanol–water partition coefficient (Wildman–Crippen LogP) is -0.550. The van der Waals surface area contributed by atoms with Gasteiger partial charge in [-0.1, -0.05) is 0 Å². The molecule has 0 saturated carbocycles. The number of hydrogen-bond donors (Lipinski definition) is 6. The van der Waals surface area contributed by atoms with E-state index in [-0.39, 0.29) is 12.8 Å². The van der Waals surface area contributed by atoms with Crippen molar-refractivity contribution < 1.29 is 24.6 Å². The molecule has 2 atom stereocenters. The van der Waals surface area contributed by atoms with Gasteiger partial charge in [-0.05, 0) is 51.6 Å². The lowest BCUT2D eigenvalue weighted by Crippen LogP contribution is -2.51. The summed E-state index contributed by atoms with van der Waals surface area (Å²) in [5, 5.41) is 22.6. The second kappa shape index (κ2) is 11.8. The van der Waals surface area contributed by atoms with Gasteiger partial charge >= 0.3 is 18.0 Å². The minimum atomic E-state index is -1.16. The molecule has 0 aliphatic rings. The van der Waals surface area contributed by atoms with Crippen molar-refractivity contribution in [1.29, 1.82) is 0 Å². The third kappa shape index (κ3) is 9.14. The van der Waals surface area contributed by atoms with Gasteiger partial charge in [0.1, 0.15) is 12.1 Å². The first-order valence-electron chi connectivity index (χ1n) is 7.35. The lowest BCUT2D eigenvalue weighted by molar-refractivity contribution is -0.139. The molecule has 2 amide bonds. The maximum atomic E-state index is 11.7. The van der Waals surface area contributed by atoms with E-state index in [0.717, 1.165) is 0 Å². The largest absolute Gasteiger partial charge is 0.480 e. The van der Waals surface area contributed by atoms with Crippen molar-refractivity contribution >= 4 is 18.0 Å². The average Bonchev–Trinajstić information content (AvgIpc) is 2.45. The van der Waals surface area contributed by atoms with Gasteiger partial charge in [-0.3, -0.25) is 0 Å². The second-order valence-corrected chi connectivity index (χ2v) is 4.97. The molecule has 22 heavy (non-hydrogen) atoms. The summed E-state index contributed by atoms with van der Waals surface area (Å²) < 4.78 is 0. The van der Waals surface area contributed by atoms with Gasteiger partial charge in [0.25, 0.3) is 0 Å². The van der Waals surface area contributed by atoms with Crippen LogP contribution in [0.2, 0.25) is 0 Å². The van der Waals surface area contributed by atoms with E-state index in [2.05, 4.69) is 10.6 Å². The Balaban J connectivity index is 4.38. The molecule has 9 heteroatoms. The van der Waals surface area contributed by atoms with Crippen molar-refractivity contribution in [3.05, 3.63) is 0 Å². The molecule has 0 spiro atoms. The summed E-state index contributed by atoms with van der Waals surface area (Å²) in [6.45, 7) is 0.890. The molecule has 8 N–H and O–H groups in total. The number of amides is 2. The fourth-order valence-electron chi connectivity index (χ4n) is 1.86. The number of aliphatic carboxylic acids is 2. The molecule has 128 valence electrons. The zero-order valence-corrected chi connectivity index (χ0v) is 12.6. The molecule has 0 fully saturated rings. The standard InChI is InChI=1S/C13H26N4O5/c14-7-3-1-5-9(11(18)19)16-13(22)17-10(12(20)21)6-2-4-8-15/h9-10H,1-8,14-15H2,(H,18,19)(H,20,21)(H2,16,17,22). The Morgan fingerprint density at radius 1 is 0.773 bits per heavy atom. The monoisotopic (exact) mass is 318 g/mol. The maximum absolute atomic E-state index is 11.7. The Hall–Kier alpha value is -1.87. The fourth-order valence-corrected chi connectivity index (χ4v) is 1.86. The summed E-state index contributed by atoms with van der Waals surface area (Å²) in [5.41, 5.74) is 10.7. The van der Waals surface area contributed by atoms with Crippen LogP contribution in [0.3, 0.4) is 0 Å². The molecule has 0 aromatic rings. The molecular formula is C13H26N4O5. The maximum Gasteiger partial charge on any atom is 0.326 e. The number of unbranched alkanes of at least 4 members (excludes halogenated alkanes) is 2. The van der Waals surface area contributed by atoms with E-state index in [9.17, 15) is 14.4 Å². The smallest absolute Gasteiger partial charge is 0.326 e. The first kappa shape index (κ1) is 20.1. The minimum absolute atomic E-state index is 0.241. The highest BCUT2D eigenvalue weighted by Crippen LogP contribution is 2.03. The number of urea groups is 1. The Labute approximate surface area is 129 Å². The molecule has 0 aromatic carbocycles. The number of carbonyl (C=O) groups excluding carboxylic acids is 1. The van der Waals surface area contributed by atoms with Gasteiger partial charge in [0, 0.05) is 0 Å². The topological polar surface area (TPSA) is 168 Å². The first-order valence-corrected chi connectivity index (χ1v) is 7.35. The van der Waals surface area contributed by atoms with Crippen LogP contribution >= 0.6 is 0 Å². The highest BCUT2D eigenvalue weighted by atomic mass is 16.4. The van der Waals surface area contributed by atoms with E-state index in [0.29, 0.717) is 38.8 Å². The van der Waals surface area contributed by atoms with Gasteiger partial charge < -0.3 is 32.3 Å². The van der Waals surface area contributed by atoms with Crippen LogP contribution in [-0.4, -0.2) is 53.4 Å². The second-order valence-electron chi connectivity index (χ2n) is 4.97. The quantitative estimate of drug-likeness (QED) is 0.262. The summed E-state index contributed by atoms with van der Waals surface area (Å²) in [7, 11) is 0. The highest BCUT2D eigenvalue weighted by molar-refractivity contribution is 5.86. The normalized spacial score (nSPS) is 13.2. The van der Waals surface area contributed by atoms with Crippen LogP contribution in [0.5, 0.6) is 0 Å². The number of carboxylic acids is 2. The van der Waals surface area contributed by atoms with Crippen molar-refractivity contribution in [2.45, 2.75) is 50.6 Å². The van der Waals surface area contributed by atoms with E-state index in [1.54, 1.807) is 0 Å². The molecule has 0 radical (unpaired) electrons. The molecule has 0 heterocycles. The molecule has 0 rings (SSSR count). The third-order valence-electron chi connectivity index (χ3n) is 3.10. The van der Waals surface area contributed by atoms with Crippen LogP contribution < -0.4 is 22.1 Å². The lowest BCUT2D eigenvalue weighted by Gasteiger charge is -2.18. The number of hydrogen-bond acceptors (Lipinski definition) is 5. The first-order chi connectivity index (χ1) is 10.4. The van der Waals surface area contributed by atoms with Crippen LogP contribution in [0.25, 0.3) is 0 Å². The molecule has 0 aromatic heterocycles. The minimum Gasteiger partial charge on any atom is -0.480 e. The zero-order chi connectivity index (χ0) is 17.0. The van der Waals surface area contributed by atoms with Gasteiger partial charge in [0.05, 0.1) is 0 Å². The van der Waals surface area contributed by atoms with E-state index in [4.69, 9.17) is 21.7 Å². The molecule has 0 saturated heterocycles. The van der Waals surface area contributed by atoms with Gasteiger partial charge in [-0.2, -0.15) is 0 Å². The average molecular weight is 318 g/mol. The summed E-state index contributed by atoms with van der Waals surface area (Å²) in [6.07, 6.45) is 2.92. The Kier molecular flexibility index (Phi) is 10.8. The number of carboxylic acid groups (broad SMARTS) is 2. The van der Waals surface area contributed by atoms with Crippen LogP contribution in [-0.2, 0) is 9.59 Å². The van der Waals surface area contributed by atoms with Gasteiger partial charge in [-0.25, -0.2) is 14.4 Å². The molecule has 0 aliphatic carbocycles. The van der Waals surface area contributed by atoms with Crippen LogP contribution in [0.1, 0.15) is 38.5 Å². The molecule has 9 nitrogen and oxygen atoms in total. The van der Waals surface area contributed by atoms with Gasteiger partial charge in [-0.15, -0.1) is 0 Å². The fraction of sp³-hybridized carbons (Fsp3) is 0.769. The predicted molar refractivity (Wildman–Crippen MR) is 80.3 cm³/mol. The molecular weight excluding hydrogens is 292 g/mol. The number of rotatable bonds is 12. The molecule has 0 aliphatic heterocycles. The third-order valence-corrected chi connectivity index (χ3v) is 3.10. The van der Waals surface area contributed by atoms with Gasteiger partial charge in [0.2, 0.25) is 0 Å². The summed E-state index contributed by atoms with van der Waals surface area (Å²) in [6, 6.07) is -2.93.